The Hall–Kier alpha value is -2.83. The minimum atomic E-state index is -4.39. The number of alkyl halides is 3. The van der Waals surface area contributed by atoms with Crippen molar-refractivity contribution in [2.24, 2.45) is 4.99 Å². The smallest absolute Gasteiger partial charge is 0.416 e. The van der Waals surface area contributed by atoms with Crippen molar-refractivity contribution in [1.82, 2.24) is 4.90 Å². The van der Waals surface area contributed by atoms with Gasteiger partial charge in [0.25, 0.3) is 0 Å². The molecule has 0 saturated heterocycles. The van der Waals surface area contributed by atoms with Gasteiger partial charge in [-0.05, 0) is 61.7 Å². The summed E-state index contributed by atoms with van der Waals surface area (Å²) in [5.74, 6) is -0.526. The van der Waals surface area contributed by atoms with Crippen LogP contribution in [0.3, 0.4) is 0 Å². The van der Waals surface area contributed by atoms with Crippen LogP contribution >= 0.6 is 0 Å². The number of hydrogen-bond acceptors (Lipinski definition) is 3. The van der Waals surface area contributed by atoms with Crippen LogP contribution in [-0.2, 0) is 17.5 Å². The van der Waals surface area contributed by atoms with Crippen molar-refractivity contribution >= 4 is 18.0 Å². The first-order valence-electron chi connectivity index (χ1n) is 8.80. The van der Waals surface area contributed by atoms with E-state index >= 15 is 0 Å². The maximum atomic E-state index is 12.6. The lowest BCUT2D eigenvalue weighted by Gasteiger charge is -2.12. The zero-order chi connectivity index (χ0) is 20.9. The molecule has 0 unspecified atom stereocenters. The molecular weight excluding hydrogens is 369 g/mol. The lowest BCUT2D eigenvalue weighted by atomic mass is 10.0. The molecule has 0 aromatic heterocycles. The molecule has 0 spiro atoms. The van der Waals surface area contributed by atoms with Gasteiger partial charge in [-0.1, -0.05) is 12.1 Å². The SMILES string of the molecule is CCN(C)/C=N/c1cc(C)c(C(=O)OCc2ccc(C(F)(F)F)cc2)cc1C. The Morgan fingerprint density at radius 2 is 1.79 bits per heavy atom. The van der Waals surface area contributed by atoms with Gasteiger partial charge in [0.2, 0.25) is 0 Å². The van der Waals surface area contributed by atoms with E-state index in [4.69, 9.17) is 4.74 Å². The second kappa shape index (κ2) is 8.91. The molecule has 2 aromatic rings. The van der Waals surface area contributed by atoms with Gasteiger partial charge in [-0.3, -0.25) is 0 Å². The van der Waals surface area contributed by atoms with Crippen LogP contribution in [0.1, 0.15) is 39.5 Å². The maximum absolute atomic E-state index is 12.6. The van der Waals surface area contributed by atoms with Crippen LogP contribution in [0.5, 0.6) is 0 Å². The Balaban J connectivity index is 2.08. The van der Waals surface area contributed by atoms with E-state index in [1.165, 1.54) is 12.1 Å². The van der Waals surface area contributed by atoms with E-state index < -0.39 is 17.7 Å². The fourth-order valence-corrected chi connectivity index (χ4v) is 2.42. The first kappa shape index (κ1) is 21.5. The molecule has 0 amide bonds. The molecule has 0 aliphatic rings. The highest BCUT2D eigenvalue weighted by molar-refractivity contribution is 5.92. The van der Waals surface area contributed by atoms with Crippen LogP contribution in [0.15, 0.2) is 41.4 Å². The number of aliphatic imine (C=N–C) groups is 1. The summed E-state index contributed by atoms with van der Waals surface area (Å²) < 4.78 is 43.0. The highest BCUT2D eigenvalue weighted by atomic mass is 19.4. The molecule has 0 bridgehead atoms. The second-order valence-electron chi connectivity index (χ2n) is 6.54. The molecule has 0 saturated carbocycles. The number of carbonyl (C=O) groups excluding carboxylic acids is 1. The van der Waals surface area contributed by atoms with Gasteiger partial charge < -0.3 is 9.64 Å². The Morgan fingerprint density at radius 1 is 1.14 bits per heavy atom. The first-order chi connectivity index (χ1) is 13.1. The van der Waals surface area contributed by atoms with Crippen LogP contribution in [-0.4, -0.2) is 30.8 Å². The van der Waals surface area contributed by atoms with Crippen molar-refractivity contribution in [2.75, 3.05) is 13.6 Å². The number of nitrogens with zero attached hydrogens (tertiary/aromatic N) is 2. The molecule has 0 aliphatic carbocycles. The van der Waals surface area contributed by atoms with E-state index in [-0.39, 0.29) is 6.61 Å². The lowest BCUT2D eigenvalue weighted by molar-refractivity contribution is -0.137. The normalized spacial score (nSPS) is 11.7. The molecule has 0 fully saturated rings. The van der Waals surface area contributed by atoms with Crippen molar-refractivity contribution in [3.05, 3.63) is 64.2 Å². The summed E-state index contributed by atoms with van der Waals surface area (Å²) in [6.45, 7) is 6.38. The number of carbonyl (C=O) groups is 1. The van der Waals surface area contributed by atoms with Gasteiger partial charge >= 0.3 is 12.1 Å². The van der Waals surface area contributed by atoms with Crippen molar-refractivity contribution in [3.8, 4) is 0 Å². The minimum Gasteiger partial charge on any atom is -0.457 e. The van der Waals surface area contributed by atoms with Gasteiger partial charge in [-0.25, -0.2) is 9.79 Å². The monoisotopic (exact) mass is 392 g/mol. The van der Waals surface area contributed by atoms with E-state index in [0.717, 1.165) is 29.9 Å². The van der Waals surface area contributed by atoms with Crippen molar-refractivity contribution in [3.63, 3.8) is 0 Å². The first-order valence-corrected chi connectivity index (χ1v) is 8.80. The molecule has 0 aliphatic heterocycles. The zero-order valence-corrected chi connectivity index (χ0v) is 16.3. The number of esters is 1. The molecular formula is C21H23F3N2O2. The molecule has 28 heavy (non-hydrogen) atoms. The third-order valence-corrected chi connectivity index (χ3v) is 4.31. The van der Waals surface area contributed by atoms with Crippen LogP contribution in [0.25, 0.3) is 0 Å². The van der Waals surface area contributed by atoms with Crippen LogP contribution in [0.4, 0.5) is 18.9 Å². The van der Waals surface area contributed by atoms with E-state index in [1.807, 2.05) is 31.9 Å². The van der Waals surface area contributed by atoms with Gasteiger partial charge in [-0.15, -0.1) is 0 Å². The molecule has 2 aromatic carbocycles. The zero-order valence-electron chi connectivity index (χ0n) is 16.3. The molecule has 0 heterocycles. The summed E-state index contributed by atoms with van der Waals surface area (Å²) in [5, 5.41) is 0. The van der Waals surface area contributed by atoms with E-state index in [2.05, 4.69) is 4.99 Å². The van der Waals surface area contributed by atoms with Crippen LogP contribution in [0, 0.1) is 13.8 Å². The Morgan fingerprint density at radius 3 is 2.36 bits per heavy atom. The molecule has 4 nitrogen and oxygen atoms in total. The van der Waals surface area contributed by atoms with E-state index in [0.29, 0.717) is 16.7 Å². The molecule has 2 rings (SSSR count). The average molecular weight is 392 g/mol. The average Bonchev–Trinajstić information content (AvgIpc) is 2.65. The Labute approximate surface area is 162 Å². The molecule has 0 radical (unpaired) electrons. The number of benzene rings is 2. The fourth-order valence-electron chi connectivity index (χ4n) is 2.42. The predicted octanol–water partition coefficient (Wildman–Crippen LogP) is 5.29. The largest absolute Gasteiger partial charge is 0.457 e. The maximum Gasteiger partial charge on any atom is 0.416 e. The van der Waals surface area contributed by atoms with E-state index in [9.17, 15) is 18.0 Å². The minimum absolute atomic E-state index is 0.101. The number of hydrogen-bond donors (Lipinski definition) is 0. The summed E-state index contributed by atoms with van der Waals surface area (Å²) in [6.07, 6.45) is -2.66. The number of rotatable bonds is 6. The summed E-state index contributed by atoms with van der Waals surface area (Å²) in [6, 6.07) is 8.07. The van der Waals surface area contributed by atoms with Crippen LogP contribution in [0.2, 0.25) is 0 Å². The number of ether oxygens (including phenoxy) is 1. The highest BCUT2D eigenvalue weighted by Gasteiger charge is 2.29. The van der Waals surface area contributed by atoms with Gasteiger partial charge in [0, 0.05) is 13.6 Å². The van der Waals surface area contributed by atoms with Crippen LogP contribution < -0.4 is 0 Å². The summed E-state index contributed by atoms with van der Waals surface area (Å²) in [4.78, 5) is 18.7. The molecule has 150 valence electrons. The summed E-state index contributed by atoms with van der Waals surface area (Å²) in [7, 11) is 1.92. The predicted molar refractivity (Wildman–Crippen MR) is 103 cm³/mol. The lowest BCUT2D eigenvalue weighted by Crippen LogP contribution is -2.14. The van der Waals surface area contributed by atoms with Crippen molar-refractivity contribution < 1.29 is 22.7 Å². The number of aryl methyl sites for hydroxylation is 2. The van der Waals surface area contributed by atoms with Gasteiger partial charge in [0.1, 0.15) is 6.61 Å². The van der Waals surface area contributed by atoms with Crippen molar-refractivity contribution in [2.45, 2.75) is 33.6 Å². The molecule has 0 N–H and O–H groups in total. The third-order valence-electron chi connectivity index (χ3n) is 4.31. The quantitative estimate of drug-likeness (QED) is 0.381. The summed E-state index contributed by atoms with van der Waals surface area (Å²) in [5.41, 5.74) is 2.46. The van der Waals surface area contributed by atoms with Crippen molar-refractivity contribution in [1.29, 1.82) is 0 Å². The number of halogens is 3. The molecule has 7 heteroatoms. The Kier molecular flexibility index (Phi) is 6.83. The van der Waals surface area contributed by atoms with Gasteiger partial charge in [-0.2, -0.15) is 13.2 Å². The topological polar surface area (TPSA) is 41.9 Å². The summed E-state index contributed by atoms with van der Waals surface area (Å²) >= 11 is 0. The highest BCUT2D eigenvalue weighted by Crippen LogP contribution is 2.29. The third kappa shape index (κ3) is 5.58. The fraction of sp³-hybridized carbons (Fsp3) is 0.333. The standard InChI is InChI=1S/C21H23F3N2O2/c1-5-26(4)13-25-19-11-14(2)18(10-15(19)3)20(27)28-12-16-6-8-17(9-7-16)21(22,23)24/h6-11,13H,5,12H2,1-4H3/b25-13+. The second-order valence-corrected chi connectivity index (χ2v) is 6.54. The Bertz CT molecular complexity index is 859. The van der Waals surface area contributed by atoms with E-state index in [1.54, 1.807) is 19.3 Å². The van der Waals surface area contributed by atoms with Gasteiger partial charge in [0.05, 0.1) is 23.2 Å². The van der Waals surface area contributed by atoms with Gasteiger partial charge in [0.15, 0.2) is 0 Å². The molecule has 0 atom stereocenters.